The predicted molar refractivity (Wildman–Crippen MR) is 79.9 cm³/mol. The molecule has 106 valence electrons. The fourth-order valence-electron chi connectivity index (χ4n) is 2.58. The van der Waals surface area contributed by atoms with Crippen LogP contribution in [0.1, 0.15) is 24.8 Å². The maximum atomic E-state index is 5.16. The van der Waals surface area contributed by atoms with Crippen molar-refractivity contribution in [2.45, 2.75) is 25.7 Å². The molecule has 3 heteroatoms. The molecule has 0 bridgehead atoms. The molecule has 0 amide bonds. The van der Waals surface area contributed by atoms with E-state index < -0.39 is 0 Å². The second-order valence-corrected chi connectivity index (χ2v) is 5.25. The Labute approximate surface area is 116 Å². The van der Waals surface area contributed by atoms with Crippen molar-refractivity contribution in [3.05, 3.63) is 29.8 Å². The van der Waals surface area contributed by atoms with Crippen molar-refractivity contribution in [2.24, 2.45) is 0 Å². The maximum absolute atomic E-state index is 5.16. The molecule has 1 aliphatic rings. The number of ether oxygens (including phenoxy) is 1. The Hall–Kier alpha value is -1.06. The van der Waals surface area contributed by atoms with E-state index in [0.29, 0.717) is 0 Å². The highest BCUT2D eigenvalue weighted by Crippen LogP contribution is 2.11. The van der Waals surface area contributed by atoms with Gasteiger partial charge in [0, 0.05) is 0 Å². The van der Waals surface area contributed by atoms with Gasteiger partial charge in [-0.05, 0) is 76.1 Å². The van der Waals surface area contributed by atoms with Crippen LogP contribution in [0.25, 0.3) is 0 Å². The van der Waals surface area contributed by atoms with Gasteiger partial charge in [0.2, 0.25) is 0 Å². The molecular weight excluding hydrogens is 236 g/mol. The van der Waals surface area contributed by atoms with Gasteiger partial charge in [-0.3, -0.25) is 0 Å². The van der Waals surface area contributed by atoms with E-state index in [1.54, 1.807) is 7.11 Å². The van der Waals surface area contributed by atoms with E-state index in [2.05, 4.69) is 22.3 Å². The molecule has 1 aromatic carbocycles. The van der Waals surface area contributed by atoms with Crippen LogP contribution in [0, 0.1) is 0 Å². The molecule has 0 radical (unpaired) electrons. The van der Waals surface area contributed by atoms with Gasteiger partial charge in [0.15, 0.2) is 0 Å². The molecule has 0 unspecified atom stereocenters. The number of benzene rings is 1. The van der Waals surface area contributed by atoms with Crippen molar-refractivity contribution in [3.63, 3.8) is 0 Å². The van der Waals surface area contributed by atoms with Crippen molar-refractivity contribution >= 4 is 0 Å². The minimum Gasteiger partial charge on any atom is -0.497 e. The third-order valence-corrected chi connectivity index (χ3v) is 3.78. The van der Waals surface area contributed by atoms with Gasteiger partial charge in [-0.25, -0.2) is 0 Å². The number of hydrogen-bond acceptors (Lipinski definition) is 3. The SMILES string of the molecule is COc1ccc(CCNCCCN2CCCC2)cc1. The van der Waals surface area contributed by atoms with E-state index in [4.69, 9.17) is 4.74 Å². The number of nitrogens with zero attached hydrogens (tertiary/aromatic N) is 1. The molecule has 0 atom stereocenters. The van der Waals surface area contributed by atoms with Gasteiger partial charge >= 0.3 is 0 Å². The second kappa shape index (κ2) is 8.18. The van der Waals surface area contributed by atoms with E-state index in [1.165, 1.54) is 44.5 Å². The first kappa shape index (κ1) is 14.4. The summed E-state index contributed by atoms with van der Waals surface area (Å²) >= 11 is 0. The van der Waals surface area contributed by atoms with E-state index in [1.807, 2.05) is 12.1 Å². The molecule has 0 saturated carbocycles. The van der Waals surface area contributed by atoms with Crippen LogP contribution >= 0.6 is 0 Å². The normalized spacial score (nSPS) is 15.8. The maximum Gasteiger partial charge on any atom is 0.118 e. The minimum absolute atomic E-state index is 0.933. The first-order chi connectivity index (χ1) is 9.38. The molecule has 0 spiro atoms. The standard InChI is InChI=1S/C16H26N2O/c1-19-16-7-5-15(6-8-16)9-11-17-10-4-14-18-12-2-3-13-18/h5-8,17H,2-4,9-14H2,1H3. The highest BCUT2D eigenvalue weighted by molar-refractivity contribution is 5.27. The van der Waals surface area contributed by atoms with Gasteiger partial charge in [0.25, 0.3) is 0 Å². The van der Waals surface area contributed by atoms with Crippen LogP contribution in [0.5, 0.6) is 5.75 Å². The average Bonchev–Trinajstić information content (AvgIpc) is 2.96. The lowest BCUT2D eigenvalue weighted by Crippen LogP contribution is -2.25. The molecule has 0 aromatic heterocycles. The molecular formula is C16H26N2O. The smallest absolute Gasteiger partial charge is 0.118 e. The fourth-order valence-corrected chi connectivity index (χ4v) is 2.58. The van der Waals surface area contributed by atoms with Crippen LogP contribution in [0.15, 0.2) is 24.3 Å². The van der Waals surface area contributed by atoms with Gasteiger partial charge in [-0.15, -0.1) is 0 Å². The van der Waals surface area contributed by atoms with Crippen LogP contribution in [-0.4, -0.2) is 44.7 Å². The average molecular weight is 262 g/mol. The van der Waals surface area contributed by atoms with Crippen molar-refractivity contribution < 1.29 is 4.74 Å². The van der Waals surface area contributed by atoms with Gasteiger partial charge in [0.05, 0.1) is 7.11 Å². The summed E-state index contributed by atoms with van der Waals surface area (Å²) in [6.45, 7) is 6.08. The van der Waals surface area contributed by atoms with E-state index in [9.17, 15) is 0 Å². The summed E-state index contributed by atoms with van der Waals surface area (Å²) in [7, 11) is 1.71. The Morgan fingerprint density at radius 3 is 2.53 bits per heavy atom. The first-order valence-electron chi connectivity index (χ1n) is 7.44. The summed E-state index contributed by atoms with van der Waals surface area (Å²) in [5.41, 5.74) is 1.37. The largest absolute Gasteiger partial charge is 0.497 e. The predicted octanol–water partition coefficient (Wildman–Crippen LogP) is 2.31. The number of hydrogen-bond donors (Lipinski definition) is 1. The first-order valence-corrected chi connectivity index (χ1v) is 7.44. The Morgan fingerprint density at radius 1 is 1.11 bits per heavy atom. The highest BCUT2D eigenvalue weighted by Gasteiger charge is 2.09. The molecule has 1 fully saturated rings. The zero-order chi connectivity index (χ0) is 13.3. The van der Waals surface area contributed by atoms with Gasteiger partial charge < -0.3 is 15.0 Å². The number of methoxy groups -OCH3 is 1. The molecule has 0 aliphatic carbocycles. The summed E-state index contributed by atoms with van der Waals surface area (Å²) in [6, 6.07) is 8.35. The van der Waals surface area contributed by atoms with Crippen molar-refractivity contribution in [2.75, 3.05) is 39.8 Å². The number of nitrogens with one attached hydrogen (secondary N) is 1. The molecule has 2 rings (SSSR count). The van der Waals surface area contributed by atoms with E-state index in [-0.39, 0.29) is 0 Å². The Morgan fingerprint density at radius 2 is 1.84 bits per heavy atom. The lowest BCUT2D eigenvalue weighted by molar-refractivity contribution is 0.331. The summed E-state index contributed by atoms with van der Waals surface area (Å²) in [5, 5.41) is 3.53. The van der Waals surface area contributed by atoms with Crippen LogP contribution in [0.2, 0.25) is 0 Å². The van der Waals surface area contributed by atoms with Crippen molar-refractivity contribution in [1.29, 1.82) is 0 Å². The Kier molecular flexibility index (Phi) is 6.18. The van der Waals surface area contributed by atoms with Gasteiger partial charge in [-0.2, -0.15) is 0 Å². The summed E-state index contributed by atoms with van der Waals surface area (Å²) in [5.74, 6) is 0.933. The van der Waals surface area contributed by atoms with Gasteiger partial charge in [-0.1, -0.05) is 12.1 Å². The second-order valence-electron chi connectivity index (χ2n) is 5.25. The fraction of sp³-hybridized carbons (Fsp3) is 0.625. The van der Waals surface area contributed by atoms with Gasteiger partial charge in [0.1, 0.15) is 5.75 Å². The van der Waals surface area contributed by atoms with Crippen molar-refractivity contribution in [1.82, 2.24) is 10.2 Å². The molecule has 1 N–H and O–H groups in total. The zero-order valence-electron chi connectivity index (χ0n) is 12.0. The number of likely N-dealkylation sites (tertiary alicyclic amines) is 1. The van der Waals surface area contributed by atoms with Crippen LogP contribution in [-0.2, 0) is 6.42 Å². The van der Waals surface area contributed by atoms with Crippen LogP contribution in [0.4, 0.5) is 0 Å². The monoisotopic (exact) mass is 262 g/mol. The van der Waals surface area contributed by atoms with E-state index >= 15 is 0 Å². The molecule has 19 heavy (non-hydrogen) atoms. The summed E-state index contributed by atoms with van der Waals surface area (Å²) in [6.07, 6.45) is 5.14. The topological polar surface area (TPSA) is 24.5 Å². The number of rotatable bonds is 8. The molecule has 1 heterocycles. The van der Waals surface area contributed by atoms with Crippen molar-refractivity contribution in [3.8, 4) is 5.75 Å². The van der Waals surface area contributed by atoms with Crippen LogP contribution in [0.3, 0.4) is 0 Å². The molecule has 1 aliphatic heterocycles. The Bertz CT molecular complexity index is 344. The minimum atomic E-state index is 0.933. The zero-order valence-corrected chi connectivity index (χ0v) is 12.0. The third-order valence-electron chi connectivity index (χ3n) is 3.78. The third kappa shape index (κ3) is 5.21. The lowest BCUT2D eigenvalue weighted by Gasteiger charge is -2.14. The highest BCUT2D eigenvalue weighted by atomic mass is 16.5. The molecule has 1 saturated heterocycles. The van der Waals surface area contributed by atoms with E-state index in [0.717, 1.165) is 25.3 Å². The summed E-state index contributed by atoms with van der Waals surface area (Å²) < 4.78 is 5.16. The molecule has 1 aromatic rings. The lowest BCUT2D eigenvalue weighted by atomic mass is 10.1. The molecule has 3 nitrogen and oxygen atoms in total. The Balaban J connectivity index is 1.51. The quantitative estimate of drug-likeness (QED) is 0.728. The summed E-state index contributed by atoms with van der Waals surface area (Å²) in [4.78, 5) is 2.57. The van der Waals surface area contributed by atoms with Crippen LogP contribution < -0.4 is 10.1 Å².